The third-order valence-corrected chi connectivity index (χ3v) is 12.5. The van der Waals surface area contributed by atoms with Crippen LogP contribution in [-0.2, 0) is 18.3 Å². The molecule has 4 aromatic rings. The lowest BCUT2D eigenvalue weighted by molar-refractivity contribution is 0.158. The van der Waals surface area contributed by atoms with Gasteiger partial charge in [0.25, 0.3) is 0 Å². The maximum atomic E-state index is 2.77. The predicted octanol–water partition coefficient (Wildman–Crippen LogP) is 9.85. The molecule has 6 rings (SSSR count). The molecule has 5 heteroatoms. The molecular weight excluding hydrogens is 569 g/mol. The lowest BCUT2D eigenvalue weighted by atomic mass is 9.78. The lowest BCUT2D eigenvalue weighted by Gasteiger charge is -2.38. The Bertz CT molecular complexity index is 1380. The van der Waals surface area contributed by atoms with Crippen LogP contribution < -0.4 is 0 Å². The molecule has 2 nitrogen and oxygen atoms in total. The molecule has 2 aliphatic rings. The van der Waals surface area contributed by atoms with Gasteiger partial charge in [0.05, 0.1) is 8.42 Å². The first-order valence-electron chi connectivity index (χ1n) is 15.7. The molecule has 0 amide bonds. The highest BCUT2D eigenvalue weighted by Crippen LogP contribution is 2.45. The second-order valence-corrected chi connectivity index (χ2v) is 16.2. The fourth-order valence-electron chi connectivity index (χ4n) is 7.00. The van der Waals surface area contributed by atoms with E-state index in [1.165, 1.54) is 89.9 Å². The van der Waals surface area contributed by atoms with Crippen LogP contribution in [0.4, 0.5) is 0 Å². The lowest BCUT2D eigenvalue weighted by Crippen LogP contribution is -2.41. The highest BCUT2D eigenvalue weighted by molar-refractivity contribution is 8.02. The Kier molecular flexibility index (Phi) is 10.5. The molecule has 1 saturated heterocycles. The van der Waals surface area contributed by atoms with Crippen molar-refractivity contribution in [3.63, 3.8) is 0 Å². The Morgan fingerprint density at radius 2 is 1.57 bits per heavy atom. The van der Waals surface area contributed by atoms with Gasteiger partial charge in [-0.1, -0.05) is 91.0 Å². The molecule has 1 fully saturated rings. The quantitative estimate of drug-likeness (QED) is 0.139. The van der Waals surface area contributed by atoms with Gasteiger partial charge in [-0.25, -0.2) is 4.31 Å². The van der Waals surface area contributed by atoms with E-state index in [0.29, 0.717) is 0 Å². The molecule has 1 unspecified atom stereocenters. The molecule has 0 N–H and O–H groups in total. The van der Waals surface area contributed by atoms with Gasteiger partial charge in [0.2, 0.25) is 0 Å². The first-order valence-corrected chi connectivity index (χ1v) is 18.1. The molecule has 3 aromatic carbocycles. The maximum Gasteiger partial charge on any atom is 0.0765 e. The monoisotopic (exact) mass is 612 g/mol. The number of benzene rings is 3. The van der Waals surface area contributed by atoms with E-state index in [2.05, 4.69) is 113 Å². The van der Waals surface area contributed by atoms with E-state index in [-0.39, 0.29) is 5.41 Å². The van der Waals surface area contributed by atoms with Gasteiger partial charge < -0.3 is 4.90 Å². The Morgan fingerprint density at radius 3 is 2.38 bits per heavy atom. The number of likely N-dealkylation sites (tertiary alicyclic amines) is 1. The predicted molar refractivity (Wildman–Crippen MR) is 183 cm³/mol. The van der Waals surface area contributed by atoms with Crippen molar-refractivity contribution < 1.29 is 0 Å². The van der Waals surface area contributed by atoms with Crippen LogP contribution in [0.15, 0.2) is 110 Å². The highest BCUT2D eigenvalue weighted by Gasteiger charge is 2.40. The minimum absolute atomic E-state index is 0.240. The number of fused-ring (bicyclic) bond motifs is 1. The fourth-order valence-corrected chi connectivity index (χ4v) is 10.6. The molecule has 1 atom stereocenters. The van der Waals surface area contributed by atoms with Crippen LogP contribution in [0.1, 0.15) is 55.2 Å². The summed E-state index contributed by atoms with van der Waals surface area (Å²) in [5.41, 5.74) is 4.92. The van der Waals surface area contributed by atoms with Crippen LogP contribution in [0, 0.1) is 5.92 Å². The normalized spacial score (nSPS) is 19.4. The van der Waals surface area contributed by atoms with Gasteiger partial charge in [-0.05, 0) is 130 Å². The van der Waals surface area contributed by atoms with Gasteiger partial charge in [-0.15, -0.1) is 11.3 Å². The van der Waals surface area contributed by atoms with Gasteiger partial charge >= 0.3 is 0 Å². The zero-order valence-electron chi connectivity index (χ0n) is 24.9. The van der Waals surface area contributed by atoms with Gasteiger partial charge in [-0.2, -0.15) is 0 Å². The van der Waals surface area contributed by atoms with Crippen molar-refractivity contribution in [2.45, 2.75) is 70.1 Å². The van der Waals surface area contributed by atoms with Crippen LogP contribution in [-0.4, -0.2) is 42.4 Å². The molecule has 220 valence electrons. The number of hydrogen-bond donors (Lipinski definition) is 0. The van der Waals surface area contributed by atoms with E-state index in [4.69, 9.17) is 0 Å². The zero-order valence-corrected chi connectivity index (χ0v) is 27.4. The number of hydrogen-bond acceptors (Lipinski definition) is 5. The summed E-state index contributed by atoms with van der Waals surface area (Å²) in [6, 6.07) is 35.6. The molecule has 0 saturated carbocycles. The van der Waals surface area contributed by atoms with Crippen molar-refractivity contribution in [3.8, 4) is 0 Å². The Morgan fingerprint density at radius 1 is 0.857 bits per heavy atom. The summed E-state index contributed by atoms with van der Waals surface area (Å²) in [7, 11) is 2.30. The van der Waals surface area contributed by atoms with E-state index >= 15 is 0 Å². The molecule has 0 radical (unpaired) electrons. The zero-order chi connectivity index (χ0) is 28.6. The van der Waals surface area contributed by atoms with Crippen LogP contribution in [0.5, 0.6) is 0 Å². The SMILES string of the molecule is CN(CC1(CCN2CCC(CCCc3ccccc3)CC2)CCc2ccccc21)Sc1ccc(Sc2ccccc2)s1. The maximum absolute atomic E-state index is 2.77. The molecule has 0 spiro atoms. The summed E-state index contributed by atoms with van der Waals surface area (Å²) in [6.07, 6.45) is 10.4. The molecule has 1 aliphatic carbocycles. The molecule has 0 bridgehead atoms. The van der Waals surface area contributed by atoms with E-state index in [1.54, 1.807) is 11.1 Å². The second kappa shape index (κ2) is 14.6. The summed E-state index contributed by atoms with van der Waals surface area (Å²) in [5.74, 6) is 0.907. The number of aryl methyl sites for hydroxylation is 2. The van der Waals surface area contributed by atoms with E-state index in [0.717, 1.165) is 12.5 Å². The molecule has 2 heterocycles. The van der Waals surface area contributed by atoms with Gasteiger partial charge in [0.15, 0.2) is 0 Å². The average molecular weight is 613 g/mol. The molecule has 42 heavy (non-hydrogen) atoms. The van der Waals surface area contributed by atoms with Crippen LogP contribution in [0.25, 0.3) is 0 Å². The third kappa shape index (κ3) is 7.92. The van der Waals surface area contributed by atoms with E-state index < -0.39 is 0 Å². The van der Waals surface area contributed by atoms with Crippen molar-refractivity contribution >= 4 is 35.0 Å². The number of piperidine rings is 1. The summed E-state index contributed by atoms with van der Waals surface area (Å²) in [6.45, 7) is 4.87. The van der Waals surface area contributed by atoms with Crippen LogP contribution in [0.3, 0.4) is 0 Å². The first kappa shape index (κ1) is 30.0. The van der Waals surface area contributed by atoms with Crippen molar-refractivity contribution in [1.82, 2.24) is 9.21 Å². The van der Waals surface area contributed by atoms with E-state index in [1.807, 2.05) is 35.0 Å². The molecular formula is C37H44N2S3. The average Bonchev–Trinajstić information content (AvgIpc) is 3.62. The van der Waals surface area contributed by atoms with Gasteiger partial charge in [0, 0.05) is 16.9 Å². The Hall–Kier alpha value is -2.02. The van der Waals surface area contributed by atoms with Gasteiger partial charge in [0.1, 0.15) is 0 Å². The Labute approximate surface area is 266 Å². The second-order valence-electron chi connectivity index (χ2n) is 12.2. The first-order chi connectivity index (χ1) is 20.6. The highest BCUT2D eigenvalue weighted by atomic mass is 32.2. The smallest absolute Gasteiger partial charge is 0.0765 e. The Balaban J connectivity index is 1.02. The summed E-state index contributed by atoms with van der Waals surface area (Å²) in [4.78, 5) is 4.08. The topological polar surface area (TPSA) is 6.48 Å². The van der Waals surface area contributed by atoms with Crippen molar-refractivity contribution in [3.05, 3.63) is 114 Å². The fraction of sp³-hybridized carbons (Fsp3) is 0.405. The minimum atomic E-state index is 0.240. The largest absolute Gasteiger partial charge is 0.303 e. The summed E-state index contributed by atoms with van der Waals surface area (Å²) in [5, 5.41) is 0. The number of likely N-dealkylation sites (N-methyl/N-ethyl adjacent to an activating group) is 1. The van der Waals surface area contributed by atoms with Gasteiger partial charge in [-0.3, -0.25) is 0 Å². The number of rotatable bonds is 13. The van der Waals surface area contributed by atoms with Crippen molar-refractivity contribution in [2.24, 2.45) is 5.92 Å². The standard InChI is InChI=1S/C37H44N2S3/c1-38(42-36-20-19-35(41-36)40-33-16-6-3-7-17-33)29-37(24-21-32-15-8-9-18-34(32)37)25-28-39-26-22-31(23-27-39)14-10-13-30-11-4-2-5-12-30/h2-9,11-12,15-20,31H,10,13-14,21-29H2,1H3. The van der Waals surface area contributed by atoms with Crippen molar-refractivity contribution in [1.29, 1.82) is 0 Å². The third-order valence-electron chi connectivity index (χ3n) is 9.29. The summed E-state index contributed by atoms with van der Waals surface area (Å²) >= 11 is 5.71. The number of thiophene rings is 1. The van der Waals surface area contributed by atoms with Crippen LogP contribution in [0.2, 0.25) is 0 Å². The molecule has 1 aliphatic heterocycles. The van der Waals surface area contributed by atoms with Crippen LogP contribution >= 0.6 is 35.0 Å². The van der Waals surface area contributed by atoms with Crippen molar-refractivity contribution in [2.75, 3.05) is 33.2 Å². The van der Waals surface area contributed by atoms with E-state index in [9.17, 15) is 0 Å². The number of nitrogens with zero attached hydrogens (tertiary/aromatic N) is 2. The minimum Gasteiger partial charge on any atom is -0.303 e. The molecule has 1 aromatic heterocycles. The summed E-state index contributed by atoms with van der Waals surface area (Å²) < 4.78 is 5.26.